The van der Waals surface area contributed by atoms with E-state index in [4.69, 9.17) is 18.0 Å². The van der Waals surface area contributed by atoms with Crippen molar-refractivity contribution < 1.29 is 9.59 Å². The van der Waals surface area contributed by atoms with Gasteiger partial charge >= 0.3 is 0 Å². The van der Waals surface area contributed by atoms with E-state index in [0.717, 1.165) is 5.56 Å². The summed E-state index contributed by atoms with van der Waals surface area (Å²) < 4.78 is 0. The van der Waals surface area contributed by atoms with E-state index < -0.39 is 0 Å². The Balaban J connectivity index is 1.89. The zero-order chi connectivity index (χ0) is 15.4. The number of nitrogens with one attached hydrogen (secondary N) is 1. The van der Waals surface area contributed by atoms with Crippen molar-refractivity contribution >= 4 is 29.1 Å². The highest BCUT2D eigenvalue weighted by Crippen LogP contribution is 2.16. The summed E-state index contributed by atoms with van der Waals surface area (Å²) in [6.07, 6.45) is 1.35. The van der Waals surface area contributed by atoms with Crippen molar-refractivity contribution in [3.63, 3.8) is 0 Å². The van der Waals surface area contributed by atoms with Crippen LogP contribution >= 0.6 is 12.2 Å². The van der Waals surface area contributed by atoms with E-state index >= 15 is 0 Å². The van der Waals surface area contributed by atoms with Crippen molar-refractivity contribution in [2.24, 2.45) is 11.7 Å². The number of carbonyl (C=O) groups excluding carboxylic acids is 2. The van der Waals surface area contributed by atoms with Crippen molar-refractivity contribution in [3.8, 4) is 0 Å². The van der Waals surface area contributed by atoms with Gasteiger partial charge in [-0.15, -0.1) is 0 Å². The maximum atomic E-state index is 12.1. The molecular weight excluding hydrogens is 286 g/mol. The number of primary amides is 1. The largest absolute Gasteiger partial charge is 0.369 e. The fourth-order valence-electron chi connectivity index (χ4n) is 2.32. The molecule has 3 N–H and O–H groups in total. The SMILES string of the molecule is Cc1ccc(C(=O)NC(=S)N2CCC(C(N)=O)CC2)cc1. The summed E-state index contributed by atoms with van der Waals surface area (Å²) in [5, 5.41) is 3.14. The van der Waals surface area contributed by atoms with Crippen LogP contribution in [-0.4, -0.2) is 34.9 Å². The molecule has 1 saturated heterocycles. The molecule has 1 aromatic rings. The Morgan fingerprint density at radius 1 is 1.24 bits per heavy atom. The molecule has 1 heterocycles. The van der Waals surface area contributed by atoms with Crippen LogP contribution in [-0.2, 0) is 4.79 Å². The number of rotatable bonds is 2. The minimum atomic E-state index is -0.260. The van der Waals surface area contributed by atoms with Crippen molar-refractivity contribution in [2.75, 3.05) is 13.1 Å². The third-order valence-corrected chi connectivity index (χ3v) is 4.08. The van der Waals surface area contributed by atoms with Gasteiger partial charge in [0.05, 0.1) is 0 Å². The number of hydrogen-bond donors (Lipinski definition) is 2. The number of hydrogen-bond acceptors (Lipinski definition) is 3. The highest BCUT2D eigenvalue weighted by atomic mass is 32.1. The number of piperidine rings is 1. The molecule has 0 radical (unpaired) electrons. The lowest BCUT2D eigenvalue weighted by atomic mass is 9.97. The maximum absolute atomic E-state index is 12.1. The van der Waals surface area contributed by atoms with Gasteiger partial charge in [0.15, 0.2) is 5.11 Å². The number of amides is 2. The zero-order valence-electron chi connectivity index (χ0n) is 12.0. The molecule has 2 rings (SSSR count). The molecule has 0 aliphatic carbocycles. The van der Waals surface area contributed by atoms with Gasteiger partial charge in [-0.2, -0.15) is 0 Å². The van der Waals surface area contributed by atoms with E-state index in [2.05, 4.69) is 5.32 Å². The fraction of sp³-hybridized carbons (Fsp3) is 0.400. The summed E-state index contributed by atoms with van der Waals surface area (Å²) in [5.74, 6) is -0.557. The quantitative estimate of drug-likeness (QED) is 0.805. The number of thiocarbonyl (C=S) groups is 1. The average Bonchev–Trinajstić information content (AvgIpc) is 2.47. The van der Waals surface area contributed by atoms with Crippen LogP contribution in [0, 0.1) is 12.8 Å². The molecule has 0 unspecified atom stereocenters. The van der Waals surface area contributed by atoms with E-state index in [0.29, 0.717) is 36.6 Å². The Morgan fingerprint density at radius 3 is 2.33 bits per heavy atom. The lowest BCUT2D eigenvalue weighted by Crippen LogP contribution is -2.47. The Morgan fingerprint density at radius 2 is 1.81 bits per heavy atom. The molecule has 2 amide bonds. The van der Waals surface area contributed by atoms with Crippen LogP contribution in [0.1, 0.15) is 28.8 Å². The standard InChI is InChI=1S/C15H19N3O2S/c1-10-2-4-12(5-3-10)14(20)17-15(21)18-8-6-11(7-9-18)13(16)19/h2-5,11H,6-9H2,1H3,(H2,16,19)(H,17,20,21). The monoisotopic (exact) mass is 305 g/mol. The Hall–Kier alpha value is -1.95. The van der Waals surface area contributed by atoms with Gasteiger partial charge in [0.2, 0.25) is 5.91 Å². The van der Waals surface area contributed by atoms with Crippen LogP contribution in [0.15, 0.2) is 24.3 Å². The van der Waals surface area contributed by atoms with Crippen LogP contribution in [0.5, 0.6) is 0 Å². The predicted octanol–water partition coefficient (Wildman–Crippen LogP) is 1.21. The normalized spacial score (nSPS) is 15.6. The predicted molar refractivity (Wildman–Crippen MR) is 84.7 cm³/mol. The van der Waals surface area contributed by atoms with Crippen LogP contribution < -0.4 is 11.1 Å². The molecule has 0 aromatic heterocycles. The second kappa shape index (κ2) is 6.67. The summed E-state index contributed by atoms with van der Waals surface area (Å²) in [5.41, 5.74) is 6.98. The first kappa shape index (κ1) is 15.4. The number of aryl methyl sites for hydroxylation is 1. The summed E-state index contributed by atoms with van der Waals surface area (Å²) in [7, 11) is 0. The fourth-order valence-corrected chi connectivity index (χ4v) is 2.60. The van der Waals surface area contributed by atoms with Gasteiger partial charge in [0.25, 0.3) is 5.91 Å². The molecule has 5 nitrogen and oxygen atoms in total. The Labute approximate surface area is 129 Å². The zero-order valence-corrected chi connectivity index (χ0v) is 12.8. The summed E-state index contributed by atoms with van der Waals surface area (Å²) in [6, 6.07) is 7.31. The Bertz CT molecular complexity index is 549. The molecule has 1 aliphatic heterocycles. The smallest absolute Gasteiger partial charge is 0.257 e. The van der Waals surface area contributed by atoms with Gasteiger partial charge < -0.3 is 10.6 Å². The molecular formula is C15H19N3O2S. The average molecular weight is 305 g/mol. The Kier molecular flexibility index (Phi) is 4.90. The third-order valence-electron chi connectivity index (χ3n) is 3.72. The van der Waals surface area contributed by atoms with Gasteiger partial charge in [-0.1, -0.05) is 17.7 Å². The molecule has 0 bridgehead atoms. The number of benzene rings is 1. The first-order valence-electron chi connectivity index (χ1n) is 6.93. The van der Waals surface area contributed by atoms with E-state index in [-0.39, 0.29) is 17.7 Å². The molecule has 6 heteroatoms. The van der Waals surface area contributed by atoms with E-state index in [1.54, 1.807) is 12.1 Å². The van der Waals surface area contributed by atoms with E-state index in [9.17, 15) is 9.59 Å². The van der Waals surface area contributed by atoms with Crippen LogP contribution in [0.2, 0.25) is 0 Å². The molecule has 1 aliphatic rings. The number of nitrogens with two attached hydrogens (primary N) is 1. The van der Waals surface area contributed by atoms with Crippen molar-refractivity contribution in [3.05, 3.63) is 35.4 Å². The van der Waals surface area contributed by atoms with Crippen LogP contribution in [0.3, 0.4) is 0 Å². The topological polar surface area (TPSA) is 75.4 Å². The maximum Gasteiger partial charge on any atom is 0.257 e. The summed E-state index contributed by atoms with van der Waals surface area (Å²) >= 11 is 5.26. The van der Waals surface area contributed by atoms with Crippen molar-refractivity contribution in [2.45, 2.75) is 19.8 Å². The van der Waals surface area contributed by atoms with E-state index in [1.807, 2.05) is 24.0 Å². The highest BCUT2D eigenvalue weighted by Gasteiger charge is 2.25. The van der Waals surface area contributed by atoms with Crippen molar-refractivity contribution in [1.29, 1.82) is 0 Å². The van der Waals surface area contributed by atoms with Crippen molar-refractivity contribution in [1.82, 2.24) is 10.2 Å². The molecule has 0 saturated carbocycles. The van der Waals surface area contributed by atoms with Crippen LogP contribution in [0.4, 0.5) is 0 Å². The van der Waals surface area contributed by atoms with Gasteiger partial charge in [-0.05, 0) is 44.1 Å². The summed E-state index contributed by atoms with van der Waals surface area (Å²) in [4.78, 5) is 25.1. The van der Waals surface area contributed by atoms with Gasteiger partial charge in [0.1, 0.15) is 0 Å². The molecule has 1 aromatic carbocycles. The molecule has 0 spiro atoms. The first-order chi connectivity index (χ1) is 9.97. The molecule has 0 atom stereocenters. The number of carbonyl (C=O) groups is 2. The number of nitrogens with zero attached hydrogens (tertiary/aromatic N) is 1. The molecule has 21 heavy (non-hydrogen) atoms. The minimum absolute atomic E-state index is 0.0862. The lowest BCUT2D eigenvalue weighted by Gasteiger charge is -2.32. The number of likely N-dealkylation sites (tertiary alicyclic amines) is 1. The molecule has 1 fully saturated rings. The van der Waals surface area contributed by atoms with Crippen LogP contribution in [0.25, 0.3) is 0 Å². The van der Waals surface area contributed by atoms with Gasteiger partial charge in [-0.25, -0.2) is 0 Å². The molecule has 112 valence electrons. The lowest BCUT2D eigenvalue weighted by molar-refractivity contribution is -0.122. The van der Waals surface area contributed by atoms with Gasteiger partial charge in [0, 0.05) is 24.6 Å². The second-order valence-corrected chi connectivity index (χ2v) is 5.68. The summed E-state index contributed by atoms with van der Waals surface area (Å²) in [6.45, 7) is 3.25. The first-order valence-corrected chi connectivity index (χ1v) is 7.34. The highest BCUT2D eigenvalue weighted by molar-refractivity contribution is 7.80. The van der Waals surface area contributed by atoms with E-state index in [1.165, 1.54) is 0 Å². The van der Waals surface area contributed by atoms with Gasteiger partial charge in [-0.3, -0.25) is 14.9 Å². The minimum Gasteiger partial charge on any atom is -0.369 e. The second-order valence-electron chi connectivity index (χ2n) is 5.29. The third kappa shape index (κ3) is 4.01.